The summed E-state index contributed by atoms with van der Waals surface area (Å²) in [5.41, 5.74) is 2.60. The van der Waals surface area contributed by atoms with Gasteiger partial charge in [-0.05, 0) is 25.3 Å². The first-order valence-electron chi connectivity index (χ1n) is 3.60. The van der Waals surface area contributed by atoms with Gasteiger partial charge in [0.05, 0.1) is 0 Å². The summed E-state index contributed by atoms with van der Waals surface area (Å²) in [6, 6.07) is 0. The molecule has 0 unspecified atom stereocenters. The summed E-state index contributed by atoms with van der Waals surface area (Å²) in [6.45, 7) is 2.11. The lowest BCUT2D eigenvalue weighted by Gasteiger charge is -1.81. The highest BCUT2D eigenvalue weighted by molar-refractivity contribution is 4.85. The van der Waals surface area contributed by atoms with E-state index in [1.807, 2.05) is 6.08 Å². The first kappa shape index (κ1) is 9.06. The number of unbranched alkanes of at least 4 members (excludes halogenated alkanes) is 1. The van der Waals surface area contributed by atoms with Gasteiger partial charge in [0.1, 0.15) is 6.26 Å². The average molecular weight is 138 g/mol. The molecule has 0 fully saturated rings. The van der Waals surface area contributed by atoms with Crippen molar-refractivity contribution in [2.24, 2.45) is 0 Å². The Morgan fingerprint density at radius 1 is 1.30 bits per heavy atom. The van der Waals surface area contributed by atoms with Crippen LogP contribution in [0.2, 0.25) is 0 Å². The Kier molecular flexibility index (Phi) is 7.30. The molecule has 0 radical (unpaired) electrons. The minimum absolute atomic E-state index is 0.934. The number of aliphatic hydroxyl groups excluding tert-OH is 1. The highest BCUT2D eigenvalue weighted by atomic mass is 16.2. The quantitative estimate of drug-likeness (QED) is 0.274. The lowest BCUT2D eigenvalue weighted by molar-refractivity contribution is 0.474. The zero-order chi connectivity index (χ0) is 7.66. The molecule has 0 aliphatic rings. The fourth-order valence-electron chi connectivity index (χ4n) is 0.600. The van der Waals surface area contributed by atoms with Crippen LogP contribution in [0.1, 0.15) is 26.2 Å². The first-order valence-corrected chi connectivity index (χ1v) is 3.60. The zero-order valence-electron chi connectivity index (χ0n) is 6.38. The van der Waals surface area contributed by atoms with E-state index in [4.69, 9.17) is 5.11 Å². The van der Waals surface area contributed by atoms with E-state index in [0.29, 0.717) is 0 Å². The maximum atomic E-state index is 8.18. The van der Waals surface area contributed by atoms with Gasteiger partial charge in [-0.1, -0.05) is 24.8 Å². The number of allylic oxidation sites excluding steroid dienone is 3. The van der Waals surface area contributed by atoms with Gasteiger partial charge < -0.3 is 5.11 Å². The molecule has 0 saturated heterocycles. The molecule has 0 aliphatic carbocycles. The van der Waals surface area contributed by atoms with E-state index in [1.54, 1.807) is 0 Å². The normalized spacial score (nSPS) is 9.30. The molecule has 0 spiro atoms. The summed E-state index contributed by atoms with van der Waals surface area (Å²) in [5.74, 6) is 0. The highest BCUT2D eigenvalue weighted by Gasteiger charge is 1.72. The van der Waals surface area contributed by atoms with E-state index in [0.717, 1.165) is 25.5 Å². The molecular weight excluding hydrogens is 124 g/mol. The van der Waals surface area contributed by atoms with Gasteiger partial charge in [0.15, 0.2) is 0 Å². The van der Waals surface area contributed by atoms with Gasteiger partial charge in [-0.2, -0.15) is 0 Å². The third-order valence-electron chi connectivity index (χ3n) is 1.07. The molecular formula is C9H14O. The lowest BCUT2D eigenvalue weighted by atomic mass is 10.2. The van der Waals surface area contributed by atoms with Crippen LogP contribution in [-0.2, 0) is 0 Å². The van der Waals surface area contributed by atoms with E-state index in [1.165, 1.54) is 0 Å². The summed E-state index contributed by atoms with van der Waals surface area (Å²) in [5, 5.41) is 8.18. The van der Waals surface area contributed by atoms with Crippen molar-refractivity contribution in [3.05, 3.63) is 30.2 Å². The van der Waals surface area contributed by atoms with Gasteiger partial charge >= 0.3 is 0 Å². The Morgan fingerprint density at radius 3 is 2.70 bits per heavy atom. The van der Waals surface area contributed by atoms with Crippen LogP contribution in [0.4, 0.5) is 0 Å². The molecule has 56 valence electrons. The minimum Gasteiger partial charge on any atom is -0.507 e. The Balaban J connectivity index is 3.20. The predicted octanol–water partition coefficient (Wildman–Crippen LogP) is 2.96. The van der Waals surface area contributed by atoms with E-state index in [-0.39, 0.29) is 0 Å². The van der Waals surface area contributed by atoms with Gasteiger partial charge in [0.25, 0.3) is 0 Å². The SMILES string of the molecule is CCC=CCCC=C=CO. The average Bonchev–Trinajstić information content (AvgIpc) is 1.97. The zero-order valence-corrected chi connectivity index (χ0v) is 6.38. The third kappa shape index (κ3) is 7.06. The van der Waals surface area contributed by atoms with Crippen LogP contribution in [0, 0.1) is 0 Å². The summed E-state index contributed by atoms with van der Waals surface area (Å²) in [4.78, 5) is 0. The second-order valence-corrected chi connectivity index (χ2v) is 1.96. The number of hydrogen-bond acceptors (Lipinski definition) is 1. The molecule has 0 aromatic heterocycles. The topological polar surface area (TPSA) is 20.2 Å². The Hall–Kier alpha value is -0.940. The Morgan fingerprint density at radius 2 is 2.10 bits per heavy atom. The van der Waals surface area contributed by atoms with Gasteiger partial charge in [-0.3, -0.25) is 0 Å². The maximum Gasteiger partial charge on any atom is 0.121 e. The van der Waals surface area contributed by atoms with Crippen LogP contribution in [-0.4, -0.2) is 5.11 Å². The van der Waals surface area contributed by atoms with Crippen molar-refractivity contribution >= 4 is 0 Å². The molecule has 0 aromatic rings. The monoisotopic (exact) mass is 138 g/mol. The molecule has 0 heterocycles. The molecule has 0 bridgehead atoms. The van der Waals surface area contributed by atoms with Gasteiger partial charge in [0.2, 0.25) is 0 Å². The van der Waals surface area contributed by atoms with Crippen LogP contribution in [0.5, 0.6) is 0 Å². The van der Waals surface area contributed by atoms with Crippen LogP contribution in [0.3, 0.4) is 0 Å². The van der Waals surface area contributed by atoms with Crippen LogP contribution < -0.4 is 0 Å². The van der Waals surface area contributed by atoms with Crippen molar-refractivity contribution in [1.29, 1.82) is 0 Å². The molecule has 10 heavy (non-hydrogen) atoms. The molecule has 1 nitrogen and oxygen atoms in total. The summed E-state index contributed by atoms with van der Waals surface area (Å²) in [6.07, 6.45) is 10.1. The summed E-state index contributed by atoms with van der Waals surface area (Å²) >= 11 is 0. The van der Waals surface area contributed by atoms with Crippen molar-refractivity contribution in [1.82, 2.24) is 0 Å². The first-order chi connectivity index (χ1) is 4.91. The van der Waals surface area contributed by atoms with Crippen molar-refractivity contribution in [3.63, 3.8) is 0 Å². The van der Waals surface area contributed by atoms with Crippen LogP contribution in [0.15, 0.2) is 30.2 Å². The lowest BCUT2D eigenvalue weighted by Crippen LogP contribution is -1.62. The summed E-state index contributed by atoms with van der Waals surface area (Å²) < 4.78 is 0. The molecule has 0 rings (SSSR count). The Labute approximate surface area is 62.4 Å². The fourth-order valence-corrected chi connectivity index (χ4v) is 0.600. The van der Waals surface area contributed by atoms with Crippen molar-refractivity contribution in [3.8, 4) is 0 Å². The molecule has 1 heteroatoms. The molecule has 1 N–H and O–H groups in total. The Bertz CT molecular complexity index is 139. The van der Waals surface area contributed by atoms with Gasteiger partial charge in [-0.15, -0.1) is 0 Å². The second kappa shape index (κ2) is 8.06. The van der Waals surface area contributed by atoms with E-state index >= 15 is 0 Å². The molecule has 0 aromatic carbocycles. The van der Waals surface area contributed by atoms with Gasteiger partial charge in [0, 0.05) is 0 Å². The minimum atomic E-state index is 0.934. The number of aliphatic hydroxyl groups is 1. The van der Waals surface area contributed by atoms with E-state index < -0.39 is 0 Å². The largest absolute Gasteiger partial charge is 0.507 e. The third-order valence-corrected chi connectivity index (χ3v) is 1.07. The van der Waals surface area contributed by atoms with Crippen LogP contribution in [0.25, 0.3) is 0 Å². The number of rotatable bonds is 4. The molecule has 0 amide bonds. The fraction of sp³-hybridized carbons (Fsp3) is 0.444. The molecule has 0 aliphatic heterocycles. The van der Waals surface area contributed by atoms with Gasteiger partial charge in [-0.25, -0.2) is 0 Å². The summed E-state index contributed by atoms with van der Waals surface area (Å²) in [7, 11) is 0. The predicted molar refractivity (Wildman–Crippen MR) is 43.9 cm³/mol. The standard InChI is InChI=1S/C9H14O/c1-2-3-4-5-6-7-8-9-10/h3-4,7,9-10H,2,5-6H2,1H3. The van der Waals surface area contributed by atoms with Crippen LogP contribution >= 0.6 is 0 Å². The molecule has 0 atom stereocenters. The van der Waals surface area contributed by atoms with Crippen molar-refractivity contribution < 1.29 is 5.11 Å². The maximum absolute atomic E-state index is 8.18. The second-order valence-electron chi connectivity index (χ2n) is 1.96. The molecule has 0 saturated carbocycles. The van der Waals surface area contributed by atoms with Crippen molar-refractivity contribution in [2.45, 2.75) is 26.2 Å². The highest BCUT2D eigenvalue weighted by Crippen LogP contribution is 1.92. The van der Waals surface area contributed by atoms with E-state index in [9.17, 15) is 0 Å². The smallest absolute Gasteiger partial charge is 0.121 e. The van der Waals surface area contributed by atoms with E-state index in [2.05, 4.69) is 24.8 Å². The number of hydrogen-bond donors (Lipinski definition) is 1. The van der Waals surface area contributed by atoms with Crippen molar-refractivity contribution in [2.75, 3.05) is 0 Å².